The lowest BCUT2D eigenvalue weighted by atomic mass is 9.97. The molecule has 1 aromatic rings. The zero-order chi connectivity index (χ0) is 13.1. The second-order valence-electron chi connectivity index (χ2n) is 4.52. The molecule has 1 atom stereocenters. The molecule has 0 aliphatic carbocycles. The Bertz CT molecular complexity index is 433. The van der Waals surface area contributed by atoms with Gasteiger partial charge in [-0.25, -0.2) is 8.78 Å². The first-order valence-electron chi connectivity index (χ1n) is 6.07. The first-order chi connectivity index (χ1) is 8.63. The molecule has 0 bridgehead atoms. The molecule has 1 aliphatic rings. The summed E-state index contributed by atoms with van der Waals surface area (Å²) in [7, 11) is 1.36. The highest BCUT2D eigenvalue weighted by atomic mass is 79.9. The second-order valence-corrected chi connectivity index (χ2v) is 5.37. The molecule has 18 heavy (non-hydrogen) atoms. The highest BCUT2D eigenvalue weighted by Gasteiger charge is 2.22. The summed E-state index contributed by atoms with van der Waals surface area (Å²) in [5, 5.41) is 3.33. The van der Waals surface area contributed by atoms with Gasteiger partial charge in [0.25, 0.3) is 0 Å². The maximum atomic E-state index is 14.1. The van der Waals surface area contributed by atoms with E-state index in [9.17, 15) is 8.78 Å². The van der Waals surface area contributed by atoms with Crippen molar-refractivity contribution in [3.05, 3.63) is 27.7 Å². The minimum absolute atomic E-state index is 0.0167. The van der Waals surface area contributed by atoms with E-state index in [4.69, 9.17) is 4.74 Å². The number of benzene rings is 1. The van der Waals surface area contributed by atoms with Crippen molar-refractivity contribution in [2.45, 2.75) is 31.7 Å². The molecule has 100 valence electrons. The van der Waals surface area contributed by atoms with Crippen LogP contribution in [0.5, 0.6) is 5.75 Å². The Hall–Kier alpha value is -0.680. The van der Waals surface area contributed by atoms with Gasteiger partial charge >= 0.3 is 0 Å². The van der Waals surface area contributed by atoms with Crippen LogP contribution in [0.15, 0.2) is 10.5 Å². The number of halogens is 3. The third-order valence-corrected chi connectivity index (χ3v) is 3.86. The molecular formula is C13H16BrF2NO. The Labute approximate surface area is 114 Å². The standard InChI is InChI=1S/C13H16BrF2NO/c1-18-13-9(6-8-4-2-3-5-17-8)12(16)10(14)7-11(13)15/h7-8,17H,2-6H2,1H3. The SMILES string of the molecule is COc1c(F)cc(Br)c(F)c1CC1CCCCN1. The van der Waals surface area contributed by atoms with Gasteiger partial charge in [-0.05, 0) is 47.8 Å². The maximum Gasteiger partial charge on any atom is 0.166 e. The van der Waals surface area contributed by atoms with Crippen LogP contribution in [0.1, 0.15) is 24.8 Å². The van der Waals surface area contributed by atoms with E-state index in [0.717, 1.165) is 31.9 Å². The van der Waals surface area contributed by atoms with Crippen molar-refractivity contribution in [2.75, 3.05) is 13.7 Å². The molecule has 0 radical (unpaired) electrons. The highest BCUT2D eigenvalue weighted by Crippen LogP contribution is 2.32. The molecule has 0 amide bonds. The van der Waals surface area contributed by atoms with Crippen LogP contribution in [0.25, 0.3) is 0 Å². The number of rotatable bonds is 3. The summed E-state index contributed by atoms with van der Waals surface area (Å²) in [5.74, 6) is -0.944. The number of hydrogen-bond donors (Lipinski definition) is 1. The van der Waals surface area contributed by atoms with Gasteiger partial charge in [0.15, 0.2) is 11.6 Å². The van der Waals surface area contributed by atoms with E-state index in [1.807, 2.05) is 0 Å². The van der Waals surface area contributed by atoms with Gasteiger partial charge in [0, 0.05) is 11.6 Å². The predicted molar refractivity (Wildman–Crippen MR) is 70.0 cm³/mol. The average Bonchev–Trinajstić information content (AvgIpc) is 2.37. The number of nitrogens with one attached hydrogen (secondary N) is 1. The minimum Gasteiger partial charge on any atom is -0.493 e. The molecule has 1 saturated heterocycles. The van der Waals surface area contributed by atoms with Crippen molar-refractivity contribution in [1.82, 2.24) is 5.32 Å². The third kappa shape index (κ3) is 2.83. The molecule has 1 aromatic carbocycles. The lowest BCUT2D eigenvalue weighted by Gasteiger charge is -2.24. The van der Waals surface area contributed by atoms with E-state index >= 15 is 0 Å². The third-order valence-electron chi connectivity index (χ3n) is 3.29. The lowest BCUT2D eigenvalue weighted by molar-refractivity contribution is 0.358. The molecule has 0 aromatic heterocycles. The molecule has 1 aliphatic heterocycles. The number of methoxy groups -OCH3 is 1. The molecule has 1 heterocycles. The normalized spacial score (nSPS) is 19.9. The summed E-state index contributed by atoms with van der Waals surface area (Å²) >= 11 is 3.03. The Kier molecular flexibility index (Phi) is 4.56. The van der Waals surface area contributed by atoms with Gasteiger partial charge in [-0.1, -0.05) is 6.42 Å². The fourth-order valence-corrected chi connectivity index (χ4v) is 2.82. The van der Waals surface area contributed by atoms with Crippen LogP contribution >= 0.6 is 15.9 Å². The summed E-state index contributed by atoms with van der Waals surface area (Å²) < 4.78 is 32.9. The highest BCUT2D eigenvalue weighted by molar-refractivity contribution is 9.10. The smallest absolute Gasteiger partial charge is 0.166 e. The average molecular weight is 320 g/mol. The van der Waals surface area contributed by atoms with E-state index in [0.29, 0.717) is 12.0 Å². The number of hydrogen-bond acceptors (Lipinski definition) is 2. The van der Waals surface area contributed by atoms with Crippen molar-refractivity contribution in [1.29, 1.82) is 0 Å². The van der Waals surface area contributed by atoms with Crippen LogP contribution in [0.4, 0.5) is 8.78 Å². The number of piperidine rings is 1. The lowest BCUT2D eigenvalue weighted by Crippen LogP contribution is -2.36. The topological polar surface area (TPSA) is 21.3 Å². The summed E-state index contributed by atoms with van der Waals surface area (Å²) in [5.41, 5.74) is 0.309. The zero-order valence-corrected chi connectivity index (χ0v) is 11.8. The van der Waals surface area contributed by atoms with Gasteiger partial charge in [-0.2, -0.15) is 0 Å². The Morgan fingerprint density at radius 3 is 2.83 bits per heavy atom. The monoisotopic (exact) mass is 319 g/mol. The van der Waals surface area contributed by atoms with Crippen LogP contribution in [0, 0.1) is 11.6 Å². The molecule has 5 heteroatoms. The summed E-state index contributed by atoms with van der Waals surface area (Å²) in [6.45, 7) is 0.936. The van der Waals surface area contributed by atoms with E-state index < -0.39 is 11.6 Å². The quantitative estimate of drug-likeness (QED) is 0.862. The Morgan fingerprint density at radius 1 is 1.44 bits per heavy atom. The molecule has 1 N–H and O–H groups in total. The van der Waals surface area contributed by atoms with Crippen LogP contribution in [-0.2, 0) is 6.42 Å². The van der Waals surface area contributed by atoms with Crippen molar-refractivity contribution < 1.29 is 13.5 Å². The van der Waals surface area contributed by atoms with Gasteiger partial charge in [0.1, 0.15) is 5.82 Å². The fourth-order valence-electron chi connectivity index (χ4n) is 2.38. The van der Waals surface area contributed by atoms with Crippen LogP contribution < -0.4 is 10.1 Å². The second kappa shape index (κ2) is 5.97. The van der Waals surface area contributed by atoms with Crippen molar-refractivity contribution in [2.24, 2.45) is 0 Å². The molecular weight excluding hydrogens is 304 g/mol. The zero-order valence-electron chi connectivity index (χ0n) is 10.2. The van der Waals surface area contributed by atoms with E-state index in [1.54, 1.807) is 0 Å². The van der Waals surface area contributed by atoms with Gasteiger partial charge in [-0.3, -0.25) is 0 Å². The number of ether oxygens (including phenoxy) is 1. The Balaban J connectivity index is 2.29. The fraction of sp³-hybridized carbons (Fsp3) is 0.538. The molecule has 1 fully saturated rings. The summed E-state index contributed by atoms with van der Waals surface area (Å²) in [6.07, 6.45) is 3.70. The molecule has 0 saturated carbocycles. The van der Waals surface area contributed by atoms with E-state index in [2.05, 4.69) is 21.2 Å². The predicted octanol–water partition coefficient (Wildman–Crippen LogP) is 3.42. The van der Waals surface area contributed by atoms with Crippen molar-refractivity contribution in [3.63, 3.8) is 0 Å². The van der Waals surface area contributed by atoms with Gasteiger partial charge < -0.3 is 10.1 Å². The molecule has 1 unspecified atom stereocenters. The van der Waals surface area contributed by atoms with Gasteiger partial charge in [0.05, 0.1) is 11.6 Å². The maximum absolute atomic E-state index is 14.1. The van der Waals surface area contributed by atoms with Gasteiger partial charge in [-0.15, -0.1) is 0 Å². The largest absolute Gasteiger partial charge is 0.493 e. The van der Waals surface area contributed by atoms with Crippen LogP contribution in [0.2, 0.25) is 0 Å². The van der Waals surface area contributed by atoms with E-state index in [-0.39, 0.29) is 16.3 Å². The molecule has 2 nitrogen and oxygen atoms in total. The van der Waals surface area contributed by atoms with E-state index in [1.165, 1.54) is 7.11 Å². The van der Waals surface area contributed by atoms with Crippen molar-refractivity contribution >= 4 is 15.9 Å². The van der Waals surface area contributed by atoms with Crippen molar-refractivity contribution in [3.8, 4) is 5.75 Å². The summed E-state index contributed by atoms with van der Waals surface area (Å²) in [6, 6.07) is 1.29. The first-order valence-corrected chi connectivity index (χ1v) is 6.86. The minimum atomic E-state index is -0.531. The Morgan fingerprint density at radius 2 is 2.22 bits per heavy atom. The first kappa shape index (κ1) is 13.7. The molecule has 0 spiro atoms. The van der Waals surface area contributed by atoms with Gasteiger partial charge in [0.2, 0.25) is 0 Å². The van der Waals surface area contributed by atoms with Crippen LogP contribution in [0.3, 0.4) is 0 Å². The molecule has 2 rings (SSSR count). The van der Waals surface area contributed by atoms with Crippen LogP contribution in [-0.4, -0.2) is 19.7 Å². The summed E-state index contributed by atoms with van der Waals surface area (Å²) in [4.78, 5) is 0.